The molecule has 0 nitrogen and oxygen atoms in total. The zero-order valence-corrected chi connectivity index (χ0v) is 12.1. The molecule has 1 fully saturated rings. The maximum Gasteiger partial charge on any atom is 0.0908 e. The molecule has 0 N–H and O–H groups in total. The van der Waals surface area contributed by atoms with E-state index in [0.717, 1.165) is 17.8 Å². The summed E-state index contributed by atoms with van der Waals surface area (Å²) in [4.78, 5) is 0. The highest BCUT2D eigenvalue weighted by Crippen LogP contribution is 2.45. The van der Waals surface area contributed by atoms with Crippen molar-refractivity contribution in [2.45, 2.75) is 42.6 Å². The van der Waals surface area contributed by atoms with E-state index in [4.69, 9.17) is 23.2 Å². The smallest absolute Gasteiger partial charge is 0.0908 e. The van der Waals surface area contributed by atoms with Gasteiger partial charge in [-0.15, -0.1) is 23.2 Å². The fourth-order valence-corrected chi connectivity index (χ4v) is 4.99. The number of allylic oxidation sites excluding steroid dienone is 2. The summed E-state index contributed by atoms with van der Waals surface area (Å²) in [7, 11) is -0.188. The van der Waals surface area contributed by atoms with Gasteiger partial charge in [0.25, 0.3) is 0 Å². The van der Waals surface area contributed by atoms with Crippen molar-refractivity contribution in [2.24, 2.45) is 17.8 Å². The number of alkyl halides is 2. The van der Waals surface area contributed by atoms with Crippen molar-refractivity contribution in [3.05, 3.63) is 12.2 Å². The average molecular weight is 263 g/mol. The van der Waals surface area contributed by atoms with Crippen LogP contribution in [0, 0.1) is 17.8 Å². The lowest BCUT2D eigenvalue weighted by atomic mass is 9.89. The molecule has 3 unspecified atom stereocenters. The first kappa shape index (κ1) is 12.0. The topological polar surface area (TPSA) is 0 Å². The first-order valence-corrected chi connectivity index (χ1v) is 8.91. The minimum atomic E-state index is -0.188. The van der Waals surface area contributed by atoms with E-state index in [0.29, 0.717) is 0 Å². The van der Waals surface area contributed by atoms with Gasteiger partial charge in [-0.3, -0.25) is 0 Å². The van der Waals surface area contributed by atoms with E-state index in [-0.39, 0.29) is 14.0 Å². The van der Waals surface area contributed by atoms with Gasteiger partial charge in [0.05, 0.1) is 14.0 Å². The van der Waals surface area contributed by atoms with Crippen LogP contribution in [-0.4, -0.2) is 14.0 Å². The number of unbranched alkanes of at least 4 members (excludes halogenated alkanes) is 1. The second-order valence-electron chi connectivity index (χ2n) is 5.07. The molecule has 86 valence electrons. The van der Waals surface area contributed by atoms with Gasteiger partial charge in [-0.05, 0) is 37.0 Å². The second kappa shape index (κ2) is 5.74. The van der Waals surface area contributed by atoms with Crippen molar-refractivity contribution in [1.29, 1.82) is 0 Å². The maximum absolute atomic E-state index is 5.75. The SMILES string of the molecule is ClC(Cl)[SiH2]CCCCC1CC2C=CC1C2. The summed E-state index contributed by atoms with van der Waals surface area (Å²) in [6.07, 6.45) is 12.0. The van der Waals surface area contributed by atoms with Crippen molar-refractivity contribution in [2.75, 3.05) is 0 Å². The third-order valence-electron chi connectivity index (χ3n) is 3.91. The van der Waals surface area contributed by atoms with E-state index in [1.165, 1.54) is 38.1 Å². The molecule has 2 rings (SSSR count). The summed E-state index contributed by atoms with van der Waals surface area (Å²) in [5, 5.41) is 0. The summed E-state index contributed by atoms with van der Waals surface area (Å²) < 4.78 is -0.0181. The lowest BCUT2D eigenvalue weighted by Crippen LogP contribution is -2.07. The predicted octanol–water partition coefficient (Wildman–Crippen LogP) is 3.72. The quantitative estimate of drug-likeness (QED) is 0.296. The van der Waals surface area contributed by atoms with Crippen molar-refractivity contribution >= 4 is 32.7 Å². The van der Waals surface area contributed by atoms with Gasteiger partial charge >= 0.3 is 0 Å². The van der Waals surface area contributed by atoms with Gasteiger partial charge in [0.1, 0.15) is 0 Å². The molecule has 0 aromatic heterocycles. The van der Waals surface area contributed by atoms with Crippen LogP contribution >= 0.6 is 23.2 Å². The normalized spacial score (nSPS) is 33.9. The first-order valence-electron chi connectivity index (χ1n) is 6.22. The Hall–Kier alpha value is 0.537. The summed E-state index contributed by atoms with van der Waals surface area (Å²) >= 11 is 11.5. The molecular weight excluding hydrogens is 243 g/mol. The molecule has 0 aliphatic heterocycles. The summed E-state index contributed by atoms with van der Waals surface area (Å²) in [6.45, 7) is 0. The molecule has 0 aromatic carbocycles. The monoisotopic (exact) mass is 262 g/mol. The third kappa shape index (κ3) is 3.50. The van der Waals surface area contributed by atoms with Crippen LogP contribution in [0.15, 0.2) is 12.2 Å². The fourth-order valence-electron chi connectivity index (χ4n) is 3.11. The molecule has 2 aliphatic rings. The molecule has 0 radical (unpaired) electrons. The highest BCUT2D eigenvalue weighted by Gasteiger charge is 2.34. The molecule has 1 saturated carbocycles. The number of hydrogen-bond acceptors (Lipinski definition) is 0. The van der Waals surface area contributed by atoms with Gasteiger partial charge in [-0.1, -0.05) is 31.0 Å². The highest BCUT2D eigenvalue weighted by atomic mass is 35.5. The Balaban J connectivity index is 1.54. The van der Waals surface area contributed by atoms with Gasteiger partial charge in [0, 0.05) is 0 Å². The van der Waals surface area contributed by atoms with Crippen LogP contribution in [0.4, 0.5) is 0 Å². The van der Waals surface area contributed by atoms with Crippen LogP contribution < -0.4 is 0 Å². The lowest BCUT2D eigenvalue weighted by Gasteiger charge is -2.17. The van der Waals surface area contributed by atoms with Crippen LogP contribution in [0.2, 0.25) is 6.04 Å². The van der Waals surface area contributed by atoms with Crippen molar-refractivity contribution in [1.82, 2.24) is 0 Å². The molecule has 2 aliphatic carbocycles. The van der Waals surface area contributed by atoms with Crippen LogP contribution in [0.5, 0.6) is 0 Å². The van der Waals surface area contributed by atoms with E-state index in [9.17, 15) is 0 Å². The molecule has 2 bridgehead atoms. The largest absolute Gasteiger partial charge is 0.110 e. The van der Waals surface area contributed by atoms with Crippen LogP contribution in [-0.2, 0) is 0 Å². The van der Waals surface area contributed by atoms with Gasteiger partial charge in [-0.25, -0.2) is 0 Å². The predicted molar refractivity (Wildman–Crippen MR) is 71.5 cm³/mol. The van der Waals surface area contributed by atoms with Crippen molar-refractivity contribution in [3.8, 4) is 0 Å². The van der Waals surface area contributed by atoms with Gasteiger partial charge in [-0.2, -0.15) is 0 Å². The minimum absolute atomic E-state index is 0.0181. The fraction of sp³-hybridized carbons (Fsp3) is 0.833. The van der Waals surface area contributed by atoms with Gasteiger partial charge in [0.15, 0.2) is 0 Å². The van der Waals surface area contributed by atoms with E-state index in [1.54, 1.807) is 0 Å². The van der Waals surface area contributed by atoms with Crippen molar-refractivity contribution in [3.63, 3.8) is 0 Å². The van der Waals surface area contributed by atoms with E-state index in [2.05, 4.69) is 12.2 Å². The molecule has 15 heavy (non-hydrogen) atoms. The third-order valence-corrected chi connectivity index (χ3v) is 6.57. The second-order valence-corrected chi connectivity index (χ2v) is 9.48. The molecule has 0 heterocycles. The zero-order valence-electron chi connectivity index (χ0n) is 9.17. The number of hydrogen-bond donors (Lipinski definition) is 0. The molecule has 0 saturated heterocycles. The highest BCUT2D eigenvalue weighted by molar-refractivity contribution is 6.68. The maximum atomic E-state index is 5.75. The Morgan fingerprint density at radius 2 is 2.07 bits per heavy atom. The molecule has 3 heteroatoms. The molecule has 0 amide bonds. The summed E-state index contributed by atoms with van der Waals surface area (Å²) in [6, 6.07) is 1.33. The van der Waals surface area contributed by atoms with Crippen LogP contribution in [0.25, 0.3) is 0 Å². The van der Waals surface area contributed by atoms with Crippen molar-refractivity contribution < 1.29 is 0 Å². The lowest BCUT2D eigenvalue weighted by molar-refractivity contribution is 0.402. The van der Waals surface area contributed by atoms with E-state index in [1.807, 2.05) is 0 Å². The zero-order chi connectivity index (χ0) is 10.7. The Kier molecular flexibility index (Phi) is 4.60. The Morgan fingerprint density at radius 1 is 1.20 bits per heavy atom. The molecular formula is C12H20Cl2Si. The molecule has 0 aromatic rings. The number of fused-ring (bicyclic) bond motifs is 2. The van der Waals surface area contributed by atoms with E-state index < -0.39 is 0 Å². The van der Waals surface area contributed by atoms with E-state index >= 15 is 0 Å². The van der Waals surface area contributed by atoms with Crippen LogP contribution in [0.3, 0.4) is 0 Å². The standard InChI is InChI=1S/C12H20Cl2Si/c13-12(14)15-6-2-1-3-10-7-9-4-5-11(10)8-9/h4-5,9-12H,1-3,6-8,15H2. The average Bonchev–Trinajstić information content (AvgIpc) is 2.78. The Labute approximate surface area is 105 Å². The Morgan fingerprint density at radius 3 is 2.67 bits per heavy atom. The number of rotatable bonds is 6. The summed E-state index contributed by atoms with van der Waals surface area (Å²) in [5.41, 5.74) is 0. The van der Waals surface area contributed by atoms with Crippen LogP contribution in [0.1, 0.15) is 32.1 Å². The first-order chi connectivity index (χ1) is 7.25. The van der Waals surface area contributed by atoms with Gasteiger partial charge in [0.2, 0.25) is 0 Å². The Bertz CT molecular complexity index is 228. The minimum Gasteiger partial charge on any atom is -0.110 e. The van der Waals surface area contributed by atoms with Gasteiger partial charge < -0.3 is 0 Å². The summed E-state index contributed by atoms with van der Waals surface area (Å²) in [5.74, 6) is 2.87. The molecule has 3 atom stereocenters. The molecule has 0 spiro atoms. The number of halogens is 2.